The van der Waals surface area contributed by atoms with Gasteiger partial charge < -0.3 is 10.6 Å². The van der Waals surface area contributed by atoms with Gasteiger partial charge in [-0.15, -0.1) is 0 Å². The Morgan fingerprint density at radius 1 is 0.897 bits per heavy atom. The summed E-state index contributed by atoms with van der Waals surface area (Å²) in [6.07, 6.45) is 7.45. The molecule has 3 aromatic rings. The van der Waals surface area contributed by atoms with Crippen LogP contribution in [-0.4, -0.2) is 20.9 Å². The highest BCUT2D eigenvalue weighted by molar-refractivity contribution is 6.03. The Labute approximate surface area is 170 Å². The molecule has 3 rings (SSSR count). The predicted octanol–water partition coefficient (Wildman–Crippen LogP) is 1.79. The van der Waals surface area contributed by atoms with E-state index in [4.69, 9.17) is 0 Å². The second-order valence-corrected chi connectivity index (χ2v) is 6.98. The summed E-state index contributed by atoms with van der Waals surface area (Å²) in [7, 11) is 3.68. The minimum atomic E-state index is -0.202. The van der Waals surface area contributed by atoms with E-state index < -0.39 is 0 Å². The van der Waals surface area contributed by atoms with Crippen LogP contribution >= 0.6 is 0 Å². The van der Waals surface area contributed by atoms with Crippen LogP contribution in [0.1, 0.15) is 40.6 Å². The molecule has 2 N–H and O–H groups in total. The van der Waals surface area contributed by atoms with Gasteiger partial charge in [-0.1, -0.05) is 6.07 Å². The number of nitrogens with one attached hydrogen (secondary N) is 2. The van der Waals surface area contributed by atoms with E-state index >= 15 is 0 Å². The second kappa shape index (κ2) is 8.30. The highest BCUT2D eigenvalue weighted by Crippen LogP contribution is 2.21. The van der Waals surface area contributed by atoms with Gasteiger partial charge in [0.25, 0.3) is 0 Å². The molecule has 0 aliphatic carbocycles. The van der Waals surface area contributed by atoms with Gasteiger partial charge in [0.15, 0.2) is 0 Å². The third-order valence-electron chi connectivity index (χ3n) is 4.98. The number of imidazole rings is 2. The molecular weight excluding hydrogens is 368 g/mol. The molecule has 0 atom stereocenters. The van der Waals surface area contributed by atoms with Crippen LogP contribution in [-0.2, 0) is 27.2 Å². The lowest BCUT2D eigenvalue weighted by Gasteiger charge is -2.11. The average molecular weight is 396 g/mol. The largest absolute Gasteiger partial charge is 0.348 e. The lowest BCUT2D eigenvalue weighted by molar-refractivity contribution is -0.672. The van der Waals surface area contributed by atoms with E-state index in [0.717, 1.165) is 5.56 Å². The molecule has 0 radical (unpaired) electrons. The van der Waals surface area contributed by atoms with Crippen molar-refractivity contribution in [2.75, 3.05) is 10.6 Å². The highest BCUT2D eigenvalue weighted by Gasteiger charge is 2.25. The Balaban J connectivity index is 1.83. The predicted molar refractivity (Wildman–Crippen MR) is 110 cm³/mol. The van der Waals surface area contributed by atoms with Gasteiger partial charge in [-0.2, -0.15) is 0 Å². The standard InChI is InChI=1S/C21H26N6O2/c1-6-26-12-10-24(4)20(26)18(28)22-16-9-8-15(3)17(14-16)23-19(29)21-25(5)11-13-27(21)7-2/h8-14H,6-7H2,1-5H3/p+2. The first-order chi connectivity index (χ1) is 13.8. The highest BCUT2D eigenvalue weighted by atomic mass is 16.2. The van der Waals surface area contributed by atoms with Crippen LogP contribution < -0.4 is 19.8 Å². The first-order valence-electron chi connectivity index (χ1n) is 9.68. The molecule has 0 saturated carbocycles. The van der Waals surface area contributed by atoms with Crippen molar-refractivity contribution in [3.63, 3.8) is 0 Å². The molecule has 2 aromatic heterocycles. The quantitative estimate of drug-likeness (QED) is 0.624. The Morgan fingerprint density at radius 2 is 1.41 bits per heavy atom. The van der Waals surface area contributed by atoms with E-state index in [1.807, 2.05) is 80.9 Å². The molecule has 1 aromatic carbocycles. The molecule has 2 amide bonds. The summed E-state index contributed by atoms with van der Waals surface area (Å²) in [6, 6.07) is 5.49. The lowest BCUT2D eigenvalue weighted by Crippen LogP contribution is -2.38. The maximum atomic E-state index is 12.8. The van der Waals surface area contributed by atoms with Crippen molar-refractivity contribution >= 4 is 23.2 Å². The number of benzene rings is 1. The van der Waals surface area contributed by atoms with Crippen LogP contribution in [0.4, 0.5) is 11.4 Å². The third kappa shape index (κ3) is 4.06. The summed E-state index contributed by atoms with van der Waals surface area (Å²) in [5.74, 6) is 0.726. The van der Waals surface area contributed by atoms with Crippen molar-refractivity contribution in [1.82, 2.24) is 9.13 Å². The number of amides is 2. The average Bonchev–Trinajstić information content (AvgIpc) is 3.26. The molecular formula is C21H28N6O2+2. The van der Waals surface area contributed by atoms with Gasteiger partial charge in [-0.05, 0) is 38.5 Å². The fourth-order valence-electron chi connectivity index (χ4n) is 3.34. The Morgan fingerprint density at radius 3 is 1.93 bits per heavy atom. The first-order valence-corrected chi connectivity index (χ1v) is 9.68. The molecule has 0 unspecified atom stereocenters. The number of carbonyl (C=O) groups is 2. The first kappa shape index (κ1) is 20.3. The fraction of sp³-hybridized carbons (Fsp3) is 0.333. The molecule has 0 bridgehead atoms. The van der Waals surface area contributed by atoms with Crippen LogP contribution in [0.2, 0.25) is 0 Å². The zero-order valence-electron chi connectivity index (χ0n) is 17.6. The second-order valence-electron chi connectivity index (χ2n) is 6.98. The molecule has 0 aliphatic heterocycles. The van der Waals surface area contributed by atoms with Gasteiger partial charge in [-0.3, -0.25) is 9.59 Å². The number of aromatic nitrogens is 4. The lowest BCUT2D eigenvalue weighted by atomic mass is 10.1. The molecule has 0 aliphatic rings. The van der Waals surface area contributed by atoms with E-state index in [9.17, 15) is 9.59 Å². The normalized spacial score (nSPS) is 10.8. The van der Waals surface area contributed by atoms with E-state index in [0.29, 0.717) is 36.1 Å². The summed E-state index contributed by atoms with van der Waals surface area (Å²) >= 11 is 0. The van der Waals surface area contributed by atoms with Crippen LogP contribution in [0.15, 0.2) is 43.0 Å². The van der Waals surface area contributed by atoms with Gasteiger partial charge >= 0.3 is 23.5 Å². The maximum Gasteiger partial charge on any atom is 0.348 e. The van der Waals surface area contributed by atoms with Gasteiger partial charge in [0.05, 0.1) is 27.2 Å². The van der Waals surface area contributed by atoms with Crippen molar-refractivity contribution in [1.29, 1.82) is 0 Å². The smallest absolute Gasteiger partial charge is 0.315 e. The number of aryl methyl sites for hydroxylation is 5. The van der Waals surface area contributed by atoms with Crippen molar-refractivity contribution in [2.24, 2.45) is 14.1 Å². The van der Waals surface area contributed by atoms with Crippen LogP contribution in [0.25, 0.3) is 0 Å². The number of nitrogens with zero attached hydrogens (tertiary/aromatic N) is 4. The number of carbonyl (C=O) groups excluding carboxylic acids is 2. The van der Waals surface area contributed by atoms with Crippen molar-refractivity contribution in [3.05, 3.63) is 60.2 Å². The number of hydrogen-bond acceptors (Lipinski definition) is 2. The molecule has 0 spiro atoms. The maximum absolute atomic E-state index is 12.8. The molecule has 152 valence electrons. The molecule has 8 heteroatoms. The molecule has 2 heterocycles. The summed E-state index contributed by atoms with van der Waals surface area (Å²) in [6.45, 7) is 7.30. The summed E-state index contributed by atoms with van der Waals surface area (Å²) in [5.41, 5.74) is 2.19. The number of anilines is 2. The van der Waals surface area contributed by atoms with Crippen molar-refractivity contribution in [2.45, 2.75) is 33.9 Å². The van der Waals surface area contributed by atoms with Crippen molar-refractivity contribution in [3.8, 4) is 0 Å². The number of hydrogen-bond donors (Lipinski definition) is 2. The van der Waals surface area contributed by atoms with Crippen LogP contribution in [0.3, 0.4) is 0 Å². The van der Waals surface area contributed by atoms with Gasteiger partial charge in [0.1, 0.15) is 24.8 Å². The summed E-state index contributed by atoms with van der Waals surface area (Å²) < 4.78 is 7.34. The third-order valence-corrected chi connectivity index (χ3v) is 4.98. The van der Waals surface area contributed by atoms with Crippen LogP contribution in [0.5, 0.6) is 0 Å². The van der Waals surface area contributed by atoms with E-state index in [1.165, 1.54) is 0 Å². The fourth-order valence-corrected chi connectivity index (χ4v) is 3.34. The van der Waals surface area contributed by atoms with Crippen molar-refractivity contribution < 1.29 is 18.7 Å². The van der Waals surface area contributed by atoms with E-state index in [2.05, 4.69) is 10.6 Å². The van der Waals surface area contributed by atoms with Gasteiger partial charge in [0.2, 0.25) is 0 Å². The summed E-state index contributed by atoms with van der Waals surface area (Å²) in [5, 5.41) is 5.90. The summed E-state index contributed by atoms with van der Waals surface area (Å²) in [4.78, 5) is 25.6. The monoisotopic (exact) mass is 396 g/mol. The topological polar surface area (TPSA) is 75.8 Å². The van der Waals surface area contributed by atoms with Gasteiger partial charge in [-0.25, -0.2) is 18.3 Å². The van der Waals surface area contributed by atoms with E-state index in [-0.39, 0.29) is 11.8 Å². The minimum absolute atomic E-state index is 0.197. The number of rotatable bonds is 6. The van der Waals surface area contributed by atoms with E-state index in [1.54, 1.807) is 15.2 Å². The van der Waals surface area contributed by atoms with Crippen LogP contribution in [0, 0.1) is 6.92 Å². The zero-order chi connectivity index (χ0) is 21.1. The SMILES string of the molecule is CCn1cc[n+](C)c1C(=O)Nc1ccc(C)c(NC(=O)c2n(CC)cc[n+]2C)c1. The zero-order valence-corrected chi connectivity index (χ0v) is 17.6. The van der Waals surface area contributed by atoms with Gasteiger partial charge in [0, 0.05) is 11.4 Å². The molecule has 8 nitrogen and oxygen atoms in total. The Hall–Kier alpha value is -3.42. The Kier molecular flexibility index (Phi) is 5.81. The minimum Gasteiger partial charge on any atom is -0.315 e. The molecule has 0 fully saturated rings. The molecule has 29 heavy (non-hydrogen) atoms. The molecule has 0 saturated heterocycles. The Bertz CT molecular complexity index is 1060.